The van der Waals surface area contributed by atoms with Crippen LogP contribution in [0.1, 0.15) is 42.6 Å². The molecule has 2 aromatic heterocycles. The fourth-order valence-corrected chi connectivity index (χ4v) is 3.60. The third-order valence-electron chi connectivity index (χ3n) is 5.20. The number of amides is 1. The van der Waals surface area contributed by atoms with Crippen LogP contribution in [0.15, 0.2) is 42.6 Å². The van der Waals surface area contributed by atoms with E-state index in [1.54, 1.807) is 54.9 Å². The van der Waals surface area contributed by atoms with Crippen LogP contribution in [0, 0.1) is 0 Å². The molecule has 8 heteroatoms. The minimum atomic E-state index is -0.951. The molecule has 0 spiro atoms. The Hall–Kier alpha value is -2.97. The molecule has 29 heavy (non-hydrogen) atoms. The first-order valence-electron chi connectivity index (χ1n) is 9.81. The monoisotopic (exact) mass is 394 g/mol. The molecule has 3 aromatic rings. The van der Waals surface area contributed by atoms with Gasteiger partial charge in [0.2, 0.25) is 5.95 Å². The first kappa shape index (κ1) is 19.4. The Balaban J connectivity index is 1.60. The van der Waals surface area contributed by atoms with Crippen LogP contribution in [-0.2, 0) is 5.60 Å². The second-order valence-electron chi connectivity index (χ2n) is 8.05. The summed E-state index contributed by atoms with van der Waals surface area (Å²) in [7, 11) is 0. The lowest BCUT2D eigenvalue weighted by Gasteiger charge is -2.31. The maximum absolute atomic E-state index is 12.7. The number of aromatic nitrogens is 3. The van der Waals surface area contributed by atoms with Gasteiger partial charge in [-0.3, -0.25) is 4.79 Å². The number of hydrogen-bond acceptors (Lipinski definition) is 6. The highest BCUT2D eigenvalue weighted by Crippen LogP contribution is 2.23. The highest BCUT2D eigenvalue weighted by molar-refractivity contribution is 6.04. The average Bonchev–Trinajstić information content (AvgIpc) is 3.15. The third kappa shape index (κ3) is 4.08. The predicted molar refractivity (Wildman–Crippen MR) is 112 cm³/mol. The van der Waals surface area contributed by atoms with Gasteiger partial charge in [-0.1, -0.05) is 12.1 Å². The molecular formula is C21H26N6O2. The number of carbonyl (C=O) groups is 1. The van der Waals surface area contributed by atoms with Gasteiger partial charge in [0.05, 0.1) is 17.3 Å². The van der Waals surface area contributed by atoms with Crippen molar-refractivity contribution in [1.82, 2.24) is 14.6 Å². The average molecular weight is 394 g/mol. The van der Waals surface area contributed by atoms with E-state index in [9.17, 15) is 9.90 Å². The SMILES string of the molecule is CC(C)(O)c1ccc(C(=O)Nc2cc3ccnn3c(N3CCC[C@H](N)C3)n2)cc1. The molecule has 0 unspecified atom stereocenters. The molecule has 1 atom stereocenters. The maximum Gasteiger partial charge on any atom is 0.256 e. The highest BCUT2D eigenvalue weighted by atomic mass is 16.3. The van der Waals surface area contributed by atoms with E-state index in [1.807, 2.05) is 6.07 Å². The molecule has 1 fully saturated rings. The minimum Gasteiger partial charge on any atom is -0.386 e. The molecule has 1 aromatic carbocycles. The summed E-state index contributed by atoms with van der Waals surface area (Å²) in [6, 6.07) is 10.7. The molecule has 1 aliphatic heterocycles. The van der Waals surface area contributed by atoms with Crippen LogP contribution in [0.5, 0.6) is 0 Å². The van der Waals surface area contributed by atoms with Crippen LogP contribution in [0.2, 0.25) is 0 Å². The van der Waals surface area contributed by atoms with Crippen LogP contribution in [0.4, 0.5) is 11.8 Å². The Morgan fingerprint density at radius 3 is 2.72 bits per heavy atom. The van der Waals surface area contributed by atoms with E-state index in [4.69, 9.17) is 5.73 Å². The lowest BCUT2D eigenvalue weighted by molar-refractivity contribution is 0.0785. The fraction of sp³-hybridized carbons (Fsp3) is 0.381. The molecule has 152 valence electrons. The van der Waals surface area contributed by atoms with E-state index in [-0.39, 0.29) is 11.9 Å². The molecule has 4 N–H and O–H groups in total. The van der Waals surface area contributed by atoms with Gasteiger partial charge in [0.1, 0.15) is 5.82 Å². The summed E-state index contributed by atoms with van der Waals surface area (Å²) in [4.78, 5) is 19.5. The molecule has 8 nitrogen and oxygen atoms in total. The van der Waals surface area contributed by atoms with Gasteiger partial charge in [-0.25, -0.2) is 4.52 Å². The number of nitrogens with one attached hydrogen (secondary N) is 1. The molecular weight excluding hydrogens is 368 g/mol. The van der Waals surface area contributed by atoms with Crippen LogP contribution in [0.25, 0.3) is 5.52 Å². The minimum absolute atomic E-state index is 0.101. The fourth-order valence-electron chi connectivity index (χ4n) is 3.60. The summed E-state index contributed by atoms with van der Waals surface area (Å²) < 4.78 is 1.77. The second kappa shape index (κ2) is 7.46. The van der Waals surface area contributed by atoms with Crippen molar-refractivity contribution >= 4 is 23.2 Å². The van der Waals surface area contributed by atoms with E-state index in [2.05, 4.69) is 20.3 Å². The van der Waals surface area contributed by atoms with Gasteiger partial charge in [0, 0.05) is 30.8 Å². The Morgan fingerprint density at radius 2 is 2.03 bits per heavy atom. The molecule has 1 amide bonds. The number of hydrogen-bond donors (Lipinski definition) is 3. The van der Waals surface area contributed by atoms with E-state index in [0.29, 0.717) is 23.9 Å². The lowest BCUT2D eigenvalue weighted by Crippen LogP contribution is -2.44. The zero-order valence-electron chi connectivity index (χ0n) is 16.7. The van der Waals surface area contributed by atoms with Crippen LogP contribution in [0.3, 0.4) is 0 Å². The molecule has 4 rings (SSSR count). The van der Waals surface area contributed by atoms with Crippen molar-refractivity contribution in [2.45, 2.75) is 38.3 Å². The zero-order valence-corrected chi connectivity index (χ0v) is 16.7. The summed E-state index contributed by atoms with van der Waals surface area (Å²) >= 11 is 0. The van der Waals surface area contributed by atoms with Gasteiger partial charge in [-0.2, -0.15) is 10.1 Å². The number of carbonyl (C=O) groups excluding carboxylic acids is 1. The Bertz CT molecular complexity index is 1020. The summed E-state index contributed by atoms with van der Waals surface area (Å²) in [5.74, 6) is 0.879. The van der Waals surface area contributed by atoms with Crippen molar-refractivity contribution in [2.24, 2.45) is 5.73 Å². The van der Waals surface area contributed by atoms with E-state index in [1.165, 1.54) is 0 Å². The number of rotatable bonds is 4. The number of benzene rings is 1. The lowest BCUT2D eigenvalue weighted by atomic mass is 9.97. The number of anilines is 2. The molecule has 0 saturated carbocycles. The van der Waals surface area contributed by atoms with Crippen LogP contribution < -0.4 is 16.0 Å². The Labute approximate surface area is 169 Å². The first-order chi connectivity index (χ1) is 13.8. The Kier molecular flexibility index (Phi) is 4.97. The van der Waals surface area contributed by atoms with Gasteiger partial charge < -0.3 is 21.1 Å². The standard InChI is InChI=1S/C21H26N6O2/c1-21(2,29)15-7-5-14(6-8-15)19(28)24-18-12-17-9-10-23-27(17)20(25-18)26-11-3-4-16(22)13-26/h5-10,12,16,29H,3-4,11,13,22H2,1-2H3,(H,24,28)/t16-/m0/s1. The highest BCUT2D eigenvalue weighted by Gasteiger charge is 2.22. The van der Waals surface area contributed by atoms with Gasteiger partial charge in [-0.05, 0) is 50.5 Å². The molecule has 0 aliphatic carbocycles. The van der Waals surface area contributed by atoms with Crippen molar-refractivity contribution in [1.29, 1.82) is 0 Å². The number of nitrogens with zero attached hydrogens (tertiary/aromatic N) is 4. The smallest absolute Gasteiger partial charge is 0.256 e. The van der Waals surface area contributed by atoms with Crippen molar-refractivity contribution in [3.05, 3.63) is 53.7 Å². The summed E-state index contributed by atoms with van der Waals surface area (Å²) in [6.45, 7) is 4.98. The predicted octanol–water partition coefficient (Wildman–Crippen LogP) is 2.14. The van der Waals surface area contributed by atoms with Crippen molar-refractivity contribution in [3.8, 4) is 0 Å². The largest absolute Gasteiger partial charge is 0.386 e. The van der Waals surface area contributed by atoms with Crippen LogP contribution >= 0.6 is 0 Å². The normalized spacial score (nSPS) is 17.5. The number of piperidine rings is 1. The third-order valence-corrected chi connectivity index (χ3v) is 5.20. The number of nitrogens with two attached hydrogens (primary N) is 1. The van der Waals surface area contributed by atoms with E-state index in [0.717, 1.165) is 30.5 Å². The second-order valence-corrected chi connectivity index (χ2v) is 8.05. The van der Waals surface area contributed by atoms with Gasteiger partial charge in [0.25, 0.3) is 5.91 Å². The van der Waals surface area contributed by atoms with E-state index >= 15 is 0 Å². The quantitative estimate of drug-likeness (QED) is 0.626. The van der Waals surface area contributed by atoms with Crippen molar-refractivity contribution in [2.75, 3.05) is 23.3 Å². The van der Waals surface area contributed by atoms with Gasteiger partial charge in [-0.15, -0.1) is 0 Å². The summed E-state index contributed by atoms with van der Waals surface area (Å²) in [5, 5.41) is 17.3. The van der Waals surface area contributed by atoms with Crippen molar-refractivity contribution in [3.63, 3.8) is 0 Å². The number of aliphatic hydroxyl groups is 1. The maximum atomic E-state index is 12.7. The molecule has 0 bridgehead atoms. The first-order valence-corrected chi connectivity index (χ1v) is 9.81. The van der Waals surface area contributed by atoms with Gasteiger partial charge >= 0.3 is 0 Å². The van der Waals surface area contributed by atoms with Crippen LogP contribution in [-0.4, -0.2) is 44.7 Å². The molecule has 0 radical (unpaired) electrons. The molecule has 3 heterocycles. The molecule has 1 aliphatic rings. The Morgan fingerprint density at radius 1 is 1.28 bits per heavy atom. The van der Waals surface area contributed by atoms with E-state index < -0.39 is 5.60 Å². The molecule has 1 saturated heterocycles. The summed E-state index contributed by atoms with van der Waals surface area (Å²) in [5.41, 5.74) is 7.27. The topological polar surface area (TPSA) is 109 Å². The zero-order chi connectivity index (χ0) is 20.6. The van der Waals surface area contributed by atoms with Gasteiger partial charge in [0.15, 0.2) is 0 Å². The summed E-state index contributed by atoms with van der Waals surface area (Å²) in [6.07, 6.45) is 3.71. The number of fused-ring (bicyclic) bond motifs is 1. The van der Waals surface area contributed by atoms with Crippen molar-refractivity contribution < 1.29 is 9.90 Å².